The number of carbonyl (C=O) groups excluding carboxylic acids is 1. The Morgan fingerprint density at radius 3 is 2.81 bits per heavy atom. The highest BCUT2D eigenvalue weighted by Gasteiger charge is 2.27. The van der Waals surface area contributed by atoms with Crippen LogP contribution in [0.15, 0.2) is 41.2 Å². The van der Waals surface area contributed by atoms with Crippen LogP contribution in [0, 0.1) is 0 Å². The van der Waals surface area contributed by atoms with Crippen molar-refractivity contribution in [3.8, 4) is 0 Å². The molecule has 1 amide bonds. The molecule has 5 nitrogen and oxygen atoms in total. The molecule has 2 aromatic rings. The van der Waals surface area contributed by atoms with Gasteiger partial charge in [0.2, 0.25) is 5.91 Å². The molecule has 7 heteroatoms. The molecular formula is C19H22N2O3S2. The van der Waals surface area contributed by atoms with Crippen molar-refractivity contribution in [1.29, 1.82) is 0 Å². The van der Waals surface area contributed by atoms with Crippen molar-refractivity contribution in [1.82, 2.24) is 4.98 Å². The summed E-state index contributed by atoms with van der Waals surface area (Å²) in [5, 5.41) is 4.39. The van der Waals surface area contributed by atoms with Crippen molar-refractivity contribution in [2.24, 2.45) is 0 Å². The standard InChI is InChI=1S/C19H22N2O3S2/c22-19(10-9-17-12-25-14-20-17)21-16-6-4-5-15(11-16)13-26(23,24)18-7-2-1-3-8-18/h4-6,9-12,14,18H,1-3,7-8,13H2,(H,21,22)/b10-9+. The van der Waals surface area contributed by atoms with Gasteiger partial charge in [-0.05, 0) is 36.6 Å². The van der Waals surface area contributed by atoms with E-state index < -0.39 is 9.84 Å². The largest absolute Gasteiger partial charge is 0.323 e. The first-order valence-corrected chi connectivity index (χ1v) is 11.4. The number of anilines is 1. The third kappa shape index (κ3) is 5.25. The minimum Gasteiger partial charge on any atom is -0.323 e. The third-order valence-electron chi connectivity index (χ3n) is 4.48. The summed E-state index contributed by atoms with van der Waals surface area (Å²) in [6.45, 7) is 0. The van der Waals surface area contributed by atoms with Crippen LogP contribution in [-0.2, 0) is 20.4 Å². The Hall–Kier alpha value is -1.99. The Labute approximate surface area is 158 Å². The van der Waals surface area contributed by atoms with Crippen molar-refractivity contribution in [3.05, 3.63) is 52.5 Å². The lowest BCUT2D eigenvalue weighted by Crippen LogP contribution is -2.25. The maximum absolute atomic E-state index is 12.6. The van der Waals surface area contributed by atoms with Crippen molar-refractivity contribution in [3.63, 3.8) is 0 Å². The van der Waals surface area contributed by atoms with Gasteiger partial charge in [-0.25, -0.2) is 13.4 Å². The summed E-state index contributed by atoms with van der Waals surface area (Å²) in [4.78, 5) is 16.1. The van der Waals surface area contributed by atoms with Crippen LogP contribution >= 0.6 is 11.3 Å². The number of sulfone groups is 1. The number of rotatable bonds is 6. The summed E-state index contributed by atoms with van der Waals surface area (Å²) in [7, 11) is -3.16. The summed E-state index contributed by atoms with van der Waals surface area (Å²) < 4.78 is 25.2. The second kappa shape index (κ2) is 8.60. The Bertz CT molecular complexity index is 868. The molecule has 0 bridgehead atoms. The van der Waals surface area contributed by atoms with Crippen molar-refractivity contribution >= 4 is 38.8 Å². The Balaban J connectivity index is 1.63. The molecular weight excluding hydrogens is 368 g/mol. The fourth-order valence-corrected chi connectivity index (χ4v) is 5.62. The van der Waals surface area contributed by atoms with Gasteiger partial charge in [-0.3, -0.25) is 4.79 Å². The molecule has 1 aliphatic rings. The minimum atomic E-state index is -3.16. The highest BCUT2D eigenvalue weighted by molar-refractivity contribution is 7.91. The lowest BCUT2D eigenvalue weighted by molar-refractivity contribution is -0.111. The molecule has 1 fully saturated rings. The Morgan fingerprint density at radius 2 is 2.08 bits per heavy atom. The molecule has 0 spiro atoms. The SMILES string of the molecule is O=C(/C=C/c1cscn1)Nc1cccc(CS(=O)(=O)C2CCCCC2)c1. The lowest BCUT2D eigenvalue weighted by atomic mass is 10.0. The molecule has 1 N–H and O–H groups in total. The first-order chi connectivity index (χ1) is 12.5. The molecule has 1 heterocycles. The van der Waals surface area contributed by atoms with E-state index in [2.05, 4.69) is 10.3 Å². The molecule has 3 rings (SSSR count). The average molecular weight is 391 g/mol. The first kappa shape index (κ1) is 18.8. The topological polar surface area (TPSA) is 76.1 Å². The van der Waals surface area contributed by atoms with E-state index in [1.165, 1.54) is 17.4 Å². The van der Waals surface area contributed by atoms with Crippen LogP contribution < -0.4 is 5.32 Å². The highest BCUT2D eigenvalue weighted by Crippen LogP contribution is 2.26. The van der Waals surface area contributed by atoms with Crippen LogP contribution in [0.1, 0.15) is 43.4 Å². The van der Waals surface area contributed by atoms with Crippen LogP contribution in [0.2, 0.25) is 0 Å². The summed E-state index contributed by atoms with van der Waals surface area (Å²) in [5.74, 6) is -0.249. The maximum Gasteiger partial charge on any atom is 0.248 e. The van der Waals surface area contributed by atoms with Crippen molar-refractivity contribution < 1.29 is 13.2 Å². The molecule has 1 aromatic carbocycles. The van der Waals surface area contributed by atoms with Gasteiger partial charge >= 0.3 is 0 Å². The van der Waals surface area contributed by atoms with E-state index in [-0.39, 0.29) is 16.9 Å². The predicted molar refractivity (Wildman–Crippen MR) is 106 cm³/mol. The van der Waals surface area contributed by atoms with Crippen LogP contribution in [0.5, 0.6) is 0 Å². The van der Waals surface area contributed by atoms with E-state index in [0.29, 0.717) is 11.3 Å². The van der Waals surface area contributed by atoms with Gasteiger partial charge in [-0.1, -0.05) is 31.4 Å². The van der Waals surface area contributed by atoms with E-state index in [1.54, 1.807) is 35.9 Å². The zero-order chi connectivity index (χ0) is 18.4. The maximum atomic E-state index is 12.6. The number of amides is 1. The van der Waals surface area contributed by atoms with Crippen LogP contribution in [0.4, 0.5) is 5.69 Å². The molecule has 138 valence electrons. The number of thiazole rings is 1. The normalized spacial score (nSPS) is 16.0. The molecule has 0 aliphatic heterocycles. The van der Waals surface area contributed by atoms with Gasteiger partial charge in [-0.15, -0.1) is 11.3 Å². The zero-order valence-electron chi connectivity index (χ0n) is 14.4. The Kier molecular flexibility index (Phi) is 6.21. The van der Waals surface area contributed by atoms with E-state index in [4.69, 9.17) is 0 Å². The summed E-state index contributed by atoms with van der Waals surface area (Å²) >= 11 is 1.46. The lowest BCUT2D eigenvalue weighted by Gasteiger charge is -2.21. The monoisotopic (exact) mass is 390 g/mol. The molecule has 26 heavy (non-hydrogen) atoms. The van der Waals surface area contributed by atoms with Gasteiger partial charge in [0.1, 0.15) is 0 Å². The number of nitrogens with one attached hydrogen (secondary N) is 1. The van der Waals surface area contributed by atoms with Gasteiger partial charge in [0.25, 0.3) is 0 Å². The number of benzene rings is 1. The number of nitrogens with zero attached hydrogens (tertiary/aromatic N) is 1. The van der Waals surface area contributed by atoms with Gasteiger partial charge in [0, 0.05) is 17.1 Å². The summed E-state index contributed by atoms with van der Waals surface area (Å²) in [6.07, 6.45) is 7.70. The summed E-state index contributed by atoms with van der Waals surface area (Å²) in [6, 6.07) is 7.05. The molecule has 0 atom stereocenters. The van der Waals surface area contributed by atoms with E-state index in [1.807, 2.05) is 5.38 Å². The van der Waals surface area contributed by atoms with Gasteiger partial charge in [0.05, 0.1) is 22.2 Å². The fraction of sp³-hybridized carbons (Fsp3) is 0.368. The zero-order valence-corrected chi connectivity index (χ0v) is 16.1. The third-order valence-corrected chi connectivity index (χ3v) is 7.31. The van der Waals surface area contributed by atoms with Gasteiger partial charge < -0.3 is 5.32 Å². The number of carbonyl (C=O) groups is 1. The van der Waals surface area contributed by atoms with Gasteiger partial charge in [0.15, 0.2) is 9.84 Å². The highest BCUT2D eigenvalue weighted by atomic mass is 32.2. The molecule has 1 aliphatic carbocycles. The number of hydrogen-bond acceptors (Lipinski definition) is 5. The predicted octanol–water partition coefficient (Wildman–Crippen LogP) is 4.04. The minimum absolute atomic E-state index is 0.0238. The first-order valence-electron chi connectivity index (χ1n) is 8.71. The Morgan fingerprint density at radius 1 is 1.27 bits per heavy atom. The fourth-order valence-electron chi connectivity index (χ4n) is 3.16. The second-order valence-electron chi connectivity index (χ2n) is 6.50. The van der Waals surface area contributed by atoms with Gasteiger partial charge in [-0.2, -0.15) is 0 Å². The van der Waals surface area contributed by atoms with E-state index in [0.717, 1.165) is 37.8 Å². The second-order valence-corrected chi connectivity index (χ2v) is 9.50. The number of aromatic nitrogens is 1. The van der Waals surface area contributed by atoms with E-state index >= 15 is 0 Å². The molecule has 1 saturated carbocycles. The van der Waals surface area contributed by atoms with Crippen molar-refractivity contribution in [2.45, 2.75) is 43.1 Å². The summed E-state index contributed by atoms with van der Waals surface area (Å²) in [5.41, 5.74) is 3.73. The van der Waals surface area contributed by atoms with Crippen LogP contribution in [-0.4, -0.2) is 24.6 Å². The molecule has 0 unspecified atom stereocenters. The molecule has 0 radical (unpaired) electrons. The quantitative estimate of drug-likeness (QED) is 0.755. The van der Waals surface area contributed by atoms with Crippen molar-refractivity contribution in [2.75, 3.05) is 5.32 Å². The smallest absolute Gasteiger partial charge is 0.248 e. The van der Waals surface area contributed by atoms with Crippen LogP contribution in [0.3, 0.4) is 0 Å². The van der Waals surface area contributed by atoms with E-state index in [9.17, 15) is 13.2 Å². The average Bonchev–Trinajstić information content (AvgIpc) is 3.14. The molecule has 0 saturated heterocycles. The number of hydrogen-bond donors (Lipinski definition) is 1. The molecule has 1 aromatic heterocycles. The van der Waals surface area contributed by atoms with Crippen LogP contribution in [0.25, 0.3) is 6.08 Å².